The van der Waals surface area contributed by atoms with Crippen molar-refractivity contribution in [3.63, 3.8) is 0 Å². The van der Waals surface area contributed by atoms with Crippen LogP contribution in [-0.4, -0.2) is 26.5 Å². The van der Waals surface area contributed by atoms with Gasteiger partial charge in [-0.2, -0.15) is 5.26 Å². The number of nitrogens with zero attached hydrogens (tertiary/aromatic N) is 2. The summed E-state index contributed by atoms with van der Waals surface area (Å²) in [4.78, 5) is 13.7. The third-order valence-electron chi connectivity index (χ3n) is 2.62. The Morgan fingerprint density at radius 3 is 2.47 bits per heavy atom. The molecule has 1 rings (SSSR count). The summed E-state index contributed by atoms with van der Waals surface area (Å²) >= 11 is 0. The van der Waals surface area contributed by atoms with E-state index in [0.717, 1.165) is 17.7 Å². The van der Waals surface area contributed by atoms with E-state index in [1.54, 1.807) is 6.08 Å². The van der Waals surface area contributed by atoms with Gasteiger partial charge < -0.3 is 10.2 Å². The number of benzene rings is 1. The van der Waals surface area contributed by atoms with E-state index < -0.39 is 0 Å². The molecule has 19 heavy (non-hydrogen) atoms. The molecular formula is C15H19N3O. The maximum absolute atomic E-state index is 11.7. The van der Waals surface area contributed by atoms with Crippen LogP contribution >= 0.6 is 0 Å². The molecule has 0 saturated carbocycles. The molecule has 1 aromatic carbocycles. The second-order valence-corrected chi connectivity index (χ2v) is 4.41. The molecule has 0 atom stereocenters. The highest BCUT2D eigenvalue weighted by molar-refractivity contribution is 6.01. The number of amides is 1. The smallest absolute Gasteiger partial charge is 0.261 e. The van der Waals surface area contributed by atoms with Crippen LogP contribution in [0.1, 0.15) is 18.9 Å². The molecule has 0 aliphatic heterocycles. The molecule has 0 spiro atoms. The van der Waals surface area contributed by atoms with Crippen LogP contribution < -0.4 is 10.2 Å². The van der Waals surface area contributed by atoms with Crippen molar-refractivity contribution in [3.8, 4) is 6.07 Å². The van der Waals surface area contributed by atoms with Crippen LogP contribution in [0.3, 0.4) is 0 Å². The van der Waals surface area contributed by atoms with E-state index in [1.807, 2.05) is 56.3 Å². The van der Waals surface area contributed by atoms with E-state index in [1.165, 1.54) is 0 Å². The van der Waals surface area contributed by atoms with Gasteiger partial charge in [0.1, 0.15) is 11.6 Å². The maximum atomic E-state index is 11.7. The van der Waals surface area contributed by atoms with Gasteiger partial charge in [-0.15, -0.1) is 0 Å². The molecule has 0 bridgehead atoms. The second kappa shape index (κ2) is 7.22. The third-order valence-corrected chi connectivity index (χ3v) is 2.62. The van der Waals surface area contributed by atoms with Gasteiger partial charge in [-0.05, 0) is 30.2 Å². The molecule has 100 valence electrons. The molecule has 0 aliphatic rings. The number of anilines is 1. The first-order valence-electron chi connectivity index (χ1n) is 6.26. The third kappa shape index (κ3) is 4.47. The Morgan fingerprint density at radius 2 is 2.00 bits per heavy atom. The van der Waals surface area contributed by atoms with Crippen LogP contribution in [0.25, 0.3) is 6.08 Å². The quantitative estimate of drug-likeness (QED) is 0.650. The highest BCUT2D eigenvalue weighted by Crippen LogP contribution is 2.14. The first kappa shape index (κ1) is 14.8. The number of carbonyl (C=O) groups is 1. The Morgan fingerprint density at radius 1 is 1.37 bits per heavy atom. The topological polar surface area (TPSA) is 56.1 Å². The number of nitrogens with one attached hydrogen (secondary N) is 1. The van der Waals surface area contributed by atoms with Crippen molar-refractivity contribution in [1.29, 1.82) is 5.26 Å². The lowest BCUT2D eigenvalue weighted by Crippen LogP contribution is -2.25. The summed E-state index contributed by atoms with van der Waals surface area (Å²) in [5.41, 5.74) is 2.05. The Bertz CT molecular complexity index is 495. The van der Waals surface area contributed by atoms with Crippen molar-refractivity contribution in [2.75, 3.05) is 25.5 Å². The van der Waals surface area contributed by atoms with Crippen LogP contribution in [-0.2, 0) is 4.79 Å². The molecule has 0 radical (unpaired) electrons. The van der Waals surface area contributed by atoms with Crippen LogP contribution in [0.5, 0.6) is 0 Å². The van der Waals surface area contributed by atoms with Gasteiger partial charge >= 0.3 is 0 Å². The Labute approximate surface area is 114 Å². The zero-order valence-electron chi connectivity index (χ0n) is 11.6. The average Bonchev–Trinajstić information content (AvgIpc) is 2.42. The fourth-order valence-corrected chi connectivity index (χ4v) is 1.52. The number of hydrogen-bond acceptors (Lipinski definition) is 3. The Kier molecular flexibility index (Phi) is 5.62. The summed E-state index contributed by atoms with van der Waals surface area (Å²) < 4.78 is 0. The van der Waals surface area contributed by atoms with E-state index in [4.69, 9.17) is 5.26 Å². The molecule has 4 nitrogen and oxygen atoms in total. The van der Waals surface area contributed by atoms with Gasteiger partial charge in [-0.25, -0.2) is 0 Å². The zero-order chi connectivity index (χ0) is 14.3. The molecule has 0 unspecified atom stereocenters. The predicted octanol–water partition coefficient (Wildman–Crippen LogP) is 2.19. The summed E-state index contributed by atoms with van der Waals surface area (Å²) in [7, 11) is 3.92. The van der Waals surface area contributed by atoms with Crippen molar-refractivity contribution in [1.82, 2.24) is 5.32 Å². The van der Waals surface area contributed by atoms with E-state index in [0.29, 0.717) is 6.54 Å². The molecule has 0 saturated heterocycles. The van der Waals surface area contributed by atoms with Crippen LogP contribution in [0.4, 0.5) is 5.69 Å². The highest BCUT2D eigenvalue weighted by Gasteiger charge is 2.07. The van der Waals surface area contributed by atoms with Crippen molar-refractivity contribution in [2.45, 2.75) is 13.3 Å². The molecule has 1 amide bonds. The average molecular weight is 257 g/mol. The van der Waals surface area contributed by atoms with Crippen molar-refractivity contribution in [2.24, 2.45) is 0 Å². The second-order valence-electron chi connectivity index (χ2n) is 4.41. The van der Waals surface area contributed by atoms with Gasteiger partial charge in [0.25, 0.3) is 5.91 Å². The minimum Gasteiger partial charge on any atom is -0.378 e. The van der Waals surface area contributed by atoms with Crippen LogP contribution in [0, 0.1) is 11.3 Å². The maximum Gasteiger partial charge on any atom is 0.261 e. The molecule has 1 N–H and O–H groups in total. The summed E-state index contributed by atoms with van der Waals surface area (Å²) in [5.74, 6) is -0.318. The Balaban J connectivity index is 2.86. The standard InChI is InChI=1S/C15H19N3O/c1-4-9-17-15(19)13(11-16)10-12-5-7-14(8-6-12)18(2)3/h5-8,10H,4,9H2,1-3H3,(H,17,19)/b13-10+. The fourth-order valence-electron chi connectivity index (χ4n) is 1.52. The van der Waals surface area contributed by atoms with Crippen LogP contribution in [0.2, 0.25) is 0 Å². The van der Waals surface area contributed by atoms with Gasteiger partial charge in [-0.3, -0.25) is 4.79 Å². The minimum absolute atomic E-state index is 0.131. The Hall–Kier alpha value is -2.28. The van der Waals surface area contributed by atoms with Crippen LogP contribution in [0.15, 0.2) is 29.8 Å². The molecule has 0 aliphatic carbocycles. The molecule has 1 aromatic rings. The number of hydrogen-bond donors (Lipinski definition) is 1. The lowest BCUT2D eigenvalue weighted by atomic mass is 10.1. The highest BCUT2D eigenvalue weighted by atomic mass is 16.1. The van der Waals surface area contributed by atoms with E-state index >= 15 is 0 Å². The molecule has 0 fully saturated rings. The monoisotopic (exact) mass is 257 g/mol. The van der Waals surface area contributed by atoms with E-state index in [2.05, 4.69) is 5.32 Å². The van der Waals surface area contributed by atoms with Gasteiger partial charge in [-0.1, -0.05) is 19.1 Å². The summed E-state index contributed by atoms with van der Waals surface area (Å²) in [6.45, 7) is 2.55. The number of nitriles is 1. The van der Waals surface area contributed by atoms with Gasteiger partial charge in [0.05, 0.1) is 0 Å². The fraction of sp³-hybridized carbons (Fsp3) is 0.333. The SMILES string of the molecule is CCCNC(=O)/C(C#N)=C/c1ccc(N(C)C)cc1. The normalized spacial score (nSPS) is 10.7. The summed E-state index contributed by atoms with van der Waals surface area (Å²) in [6, 6.07) is 9.61. The van der Waals surface area contributed by atoms with Gasteiger partial charge in [0.15, 0.2) is 0 Å². The van der Waals surface area contributed by atoms with Gasteiger partial charge in [0, 0.05) is 26.3 Å². The number of carbonyl (C=O) groups excluding carboxylic acids is 1. The summed E-state index contributed by atoms with van der Waals surface area (Å²) in [5, 5.41) is 11.7. The lowest BCUT2D eigenvalue weighted by Gasteiger charge is -2.11. The first-order chi connectivity index (χ1) is 9.08. The minimum atomic E-state index is -0.318. The first-order valence-corrected chi connectivity index (χ1v) is 6.26. The zero-order valence-corrected chi connectivity index (χ0v) is 11.6. The van der Waals surface area contributed by atoms with Gasteiger partial charge in [0.2, 0.25) is 0 Å². The van der Waals surface area contributed by atoms with Crippen molar-refractivity contribution in [3.05, 3.63) is 35.4 Å². The molecular weight excluding hydrogens is 238 g/mol. The molecule has 4 heteroatoms. The largest absolute Gasteiger partial charge is 0.378 e. The van der Waals surface area contributed by atoms with Crippen molar-refractivity contribution >= 4 is 17.7 Å². The molecule has 0 heterocycles. The molecule has 0 aromatic heterocycles. The lowest BCUT2D eigenvalue weighted by molar-refractivity contribution is -0.117. The number of rotatable bonds is 5. The van der Waals surface area contributed by atoms with E-state index in [-0.39, 0.29) is 11.5 Å². The van der Waals surface area contributed by atoms with Crippen molar-refractivity contribution < 1.29 is 4.79 Å². The summed E-state index contributed by atoms with van der Waals surface area (Å²) in [6.07, 6.45) is 2.45. The van der Waals surface area contributed by atoms with E-state index in [9.17, 15) is 4.79 Å². The predicted molar refractivity (Wildman–Crippen MR) is 77.7 cm³/mol.